The number of alkyl halides is 3. The van der Waals surface area contributed by atoms with Gasteiger partial charge in [0.25, 0.3) is 5.56 Å². The summed E-state index contributed by atoms with van der Waals surface area (Å²) in [4.78, 5) is 34.2. The third kappa shape index (κ3) is 4.21. The van der Waals surface area contributed by atoms with Crippen molar-refractivity contribution in [2.75, 3.05) is 25.0 Å². The maximum absolute atomic E-state index is 14.7. The number of anilines is 1. The molecule has 36 heavy (non-hydrogen) atoms. The Kier molecular flexibility index (Phi) is 5.77. The van der Waals surface area contributed by atoms with Crippen LogP contribution in [0.5, 0.6) is 0 Å². The van der Waals surface area contributed by atoms with Gasteiger partial charge in [-0.1, -0.05) is 6.07 Å². The number of aromatic amines is 1. The van der Waals surface area contributed by atoms with Crippen molar-refractivity contribution in [1.29, 1.82) is 0 Å². The highest BCUT2D eigenvalue weighted by Crippen LogP contribution is 2.45. The fourth-order valence-electron chi connectivity index (χ4n) is 4.86. The fourth-order valence-corrected chi connectivity index (χ4v) is 4.86. The van der Waals surface area contributed by atoms with Crippen LogP contribution in [0.25, 0.3) is 10.9 Å². The van der Waals surface area contributed by atoms with Crippen LogP contribution >= 0.6 is 0 Å². The van der Waals surface area contributed by atoms with Crippen LogP contribution in [-0.2, 0) is 22.8 Å². The van der Waals surface area contributed by atoms with E-state index in [4.69, 9.17) is 5.73 Å². The zero-order valence-corrected chi connectivity index (χ0v) is 19.5. The summed E-state index contributed by atoms with van der Waals surface area (Å²) in [5.74, 6) is -0.551. The predicted octanol–water partition coefficient (Wildman–Crippen LogP) is 3.63. The lowest BCUT2D eigenvalue weighted by Crippen LogP contribution is -2.41. The summed E-state index contributed by atoms with van der Waals surface area (Å²) in [7, 11) is 0. The Morgan fingerprint density at radius 2 is 2.03 bits per heavy atom. The predicted molar refractivity (Wildman–Crippen MR) is 126 cm³/mol. The summed E-state index contributed by atoms with van der Waals surface area (Å²) in [6.07, 6.45) is -2.51. The van der Waals surface area contributed by atoms with Gasteiger partial charge in [-0.2, -0.15) is 13.2 Å². The first kappa shape index (κ1) is 24.2. The topological polar surface area (TPSA) is 104 Å². The molecule has 0 unspecified atom stereocenters. The second-order valence-electron chi connectivity index (χ2n) is 9.53. The van der Waals surface area contributed by atoms with E-state index in [2.05, 4.69) is 15.3 Å². The number of H-pyrrole nitrogens is 1. The lowest BCUT2D eigenvalue weighted by Gasteiger charge is -2.35. The normalized spacial score (nSPS) is 18.7. The molecule has 0 bridgehead atoms. The Hall–Kier alpha value is -3.47. The maximum Gasteiger partial charge on any atom is 0.416 e. The van der Waals surface area contributed by atoms with Gasteiger partial charge < -0.3 is 20.9 Å². The van der Waals surface area contributed by atoms with Gasteiger partial charge in [0, 0.05) is 18.5 Å². The third-order valence-electron chi connectivity index (χ3n) is 7.30. The smallest absolute Gasteiger partial charge is 0.374 e. The molecule has 1 fully saturated rings. The Labute approximate surface area is 203 Å². The SMILES string of the molecule is C[C@H]1c2ccc(C(F)(F)F)cc2CCN1C(=O)CNc1cc2nc(C3(CN)CC3)[nH]c(=O)c2cc1F. The number of rotatable bonds is 5. The molecule has 0 radical (unpaired) electrons. The average Bonchev–Trinajstić information content (AvgIpc) is 3.64. The maximum atomic E-state index is 14.7. The van der Waals surface area contributed by atoms with Crippen LogP contribution in [0.15, 0.2) is 35.1 Å². The van der Waals surface area contributed by atoms with Crippen LogP contribution in [0.1, 0.15) is 48.3 Å². The van der Waals surface area contributed by atoms with Crippen molar-refractivity contribution in [2.45, 2.75) is 43.8 Å². The molecule has 0 spiro atoms. The largest absolute Gasteiger partial charge is 0.416 e. The number of nitrogens with one attached hydrogen (secondary N) is 2. The van der Waals surface area contributed by atoms with Gasteiger partial charge in [-0.25, -0.2) is 9.37 Å². The van der Waals surface area contributed by atoms with Gasteiger partial charge in [0.15, 0.2) is 0 Å². The highest BCUT2D eigenvalue weighted by atomic mass is 19.4. The summed E-state index contributed by atoms with van der Waals surface area (Å²) < 4.78 is 53.9. The van der Waals surface area contributed by atoms with Crippen molar-refractivity contribution in [3.05, 3.63) is 69.0 Å². The van der Waals surface area contributed by atoms with Crippen molar-refractivity contribution < 1.29 is 22.4 Å². The summed E-state index contributed by atoms with van der Waals surface area (Å²) in [5, 5.41) is 2.89. The lowest BCUT2D eigenvalue weighted by molar-refractivity contribution is -0.138. The average molecular weight is 504 g/mol. The second-order valence-corrected chi connectivity index (χ2v) is 9.53. The Balaban J connectivity index is 1.33. The molecular weight excluding hydrogens is 478 g/mol. The van der Waals surface area contributed by atoms with E-state index in [9.17, 15) is 27.2 Å². The molecule has 2 aromatic carbocycles. The fraction of sp³-hybridized carbons (Fsp3) is 0.400. The molecule has 1 amide bonds. The summed E-state index contributed by atoms with van der Waals surface area (Å²) in [6, 6.07) is 5.61. The van der Waals surface area contributed by atoms with Gasteiger partial charge in [0.05, 0.1) is 34.7 Å². The van der Waals surface area contributed by atoms with Gasteiger partial charge in [0.1, 0.15) is 11.6 Å². The lowest BCUT2D eigenvalue weighted by atomic mass is 9.91. The summed E-state index contributed by atoms with van der Waals surface area (Å²) >= 11 is 0. The van der Waals surface area contributed by atoms with Crippen molar-refractivity contribution >= 4 is 22.5 Å². The number of aromatic nitrogens is 2. The molecule has 1 atom stereocenters. The number of halogens is 4. The molecule has 11 heteroatoms. The molecule has 2 aliphatic rings. The molecule has 2 heterocycles. The van der Waals surface area contributed by atoms with Crippen molar-refractivity contribution in [3.63, 3.8) is 0 Å². The van der Waals surface area contributed by atoms with Crippen LogP contribution < -0.4 is 16.6 Å². The van der Waals surface area contributed by atoms with Crippen LogP contribution in [0.2, 0.25) is 0 Å². The summed E-state index contributed by atoms with van der Waals surface area (Å²) in [5.41, 5.74) is 5.86. The molecule has 4 N–H and O–H groups in total. The first-order valence-electron chi connectivity index (χ1n) is 11.7. The molecule has 7 nitrogen and oxygen atoms in total. The number of fused-ring (bicyclic) bond motifs is 2. The molecule has 3 aromatic rings. The van der Waals surface area contributed by atoms with Crippen molar-refractivity contribution in [1.82, 2.24) is 14.9 Å². The standard InChI is InChI=1S/C25H25F4N5O2/c1-13-16-3-2-15(25(27,28)29)8-14(16)4-7-34(13)21(35)11-31-20-10-19-17(9-18(20)26)22(36)33-23(32-19)24(12-30)5-6-24/h2-3,8-10,13,31H,4-7,11-12,30H2,1H3,(H,32,33,36)/t13-/m0/s1. The van der Waals surface area contributed by atoms with E-state index >= 15 is 0 Å². The van der Waals surface area contributed by atoms with E-state index in [1.54, 1.807) is 11.8 Å². The van der Waals surface area contributed by atoms with Crippen LogP contribution in [-0.4, -0.2) is 40.4 Å². The van der Waals surface area contributed by atoms with E-state index < -0.39 is 29.2 Å². The van der Waals surface area contributed by atoms with Crippen LogP contribution in [0.4, 0.5) is 23.2 Å². The summed E-state index contributed by atoms with van der Waals surface area (Å²) in [6.45, 7) is 2.11. The van der Waals surface area contributed by atoms with E-state index in [0.717, 1.165) is 31.0 Å². The van der Waals surface area contributed by atoms with Crippen molar-refractivity contribution in [2.24, 2.45) is 5.73 Å². The van der Waals surface area contributed by atoms with E-state index in [-0.39, 0.29) is 41.9 Å². The molecular formula is C25H25F4N5O2. The van der Waals surface area contributed by atoms with Crippen LogP contribution in [0.3, 0.4) is 0 Å². The zero-order valence-electron chi connectivity index (χ0n) is 19.5. The monoisotopic (exact) mass is 503 g/mol. The first-order valence-corrected chi connectivity index (χ1v) is 11.7. The molecule has 1 saturated carbocycles. The van der Waals surface area contributed by atoms with Gasteiger partial charge in [0.2, 0.25) is 5.91 Å². The van der Waals surface area contributed by atoms with Gasteiger partial charge >= 0.3 is 6.18 Å². The number of hydrogen-bond donors (Lipinski definition) is 3. The molecule has 1 aliphatic heterocycles. The molecule has 1 aliphatic carbocycles. The Morgan fingerprint density at radius 1 is 1.28 bits per heavy atom. The number of nitrogens with two attached hydrogens (primary N) is 1. The number of hydrogen-bond acceptors (Lipinski definition) is 5. The molecule has 1 aromatic heterocycles. The molecule has 5 rings (SSSR count). The van der Waals surface area contributed by atoms with E-state index in [1.165, 1.54) is 12.1 Å². The minimum Gasteiger partial charge on any atom is -0.374 e. The quantitative estimate of drug-likeness (QED) is 0.462. The minimum atomic E-state index is -4.43. The van der Waals surface area contributed by atoms with Gasteiger partial charge in [-0.05, 0) is 61.6 Å². The number of carbonyl (C=O) groups excluding carboxylic acids is 1. The second kappa shape index (κ2) is 8.58. The number of nitrogens with zero attached hydrogens (tertiary/aromatic N) is 2. The zero-order chi connectivity index (χ0) is 25.8. The Bertz CT molecular complexity index is 1410. The Morgan fingerprint density at radius 3 is 2.69 bits per heavy atom. The highest BCUT2D eigenvalue weighted by molar-refractivity contribution is 5.85. The number of benzene rings is 2. The third-order valence-corrected chi connectivity index (χ3v) is 7.30. The highest BCUT2D eigenvalue weighted by Gasteiger charge is 2.45. The minimum absolute atomic E-state index is 0.0253. The van der Waals surface area contributed by atoms with E-state index in [1.807, 2.05) is 0 Å². The van der Waals surface area contributed by atoms with E-state index in [0.29, 0.717) is 29.0 Å². The van der Waals surface area contributed by atoms with Gasteiger partial charge in [-0.3, -0.25) is 9.59 Å². The molecule has 190 valence electrons. The van der Waals surface area contributed by atoms with Crippen LogP contribution in [0, 0.1) is 5.82 Å². The first-order chi connectivity index (χ1) is 17.0. The number of carbonyl (C=O) groups is 1. The van der Waals surface area contributed by atoms with Crippen molar-refractivity contribution in [3.8, 4) is 0 Å². The molecule has 0 saturated heterocycles. The number of amides is 1. The van der Waals surface area contributed by atoms with Gasteiger partial charge in [-0.15, -0.1) is 0 Å².